The van der Waals surface area contributed by atoms with Crippen LogP contribution in [0.1, 0.15) is 36.8 Å². The van der Waals surface area contributed by atoms with Gasteiger partial charge in [-0.3, -0.25) is 9.59 Å². The maximum atomic E-state index is 13.3. The van der Waals surface area contributed by atoms with Crippen LogP contribution in [0.4, 0.5) is 0 Å². The number of carbonyl (C=O) groups excluding carboxylic acids is 3. The normalized spacial score (nSPS) is 27.5. The maximum Gasteiger partial charge on any atom is 0.348 e. The number of nitrogens with zero attached hydrogens (tertiary/aromatic N) is 1. The highest BCUT2D eigenvalue weighted by atomic mass is 16.6. The number of aliphatic carboxylic acids is 3. The fourth-order valence-corrected chi connectivity index (χ4v) is 7.11. The largest absolute Gasteiger partial charge is 0.493 e. The van der Waals surface area contributed by atoms with Gasteiger partial charge in [0.05, 0.1) is 31.0 Å². The topological polar surface area (TPSA) is 273 Å². The van der Waals surface area contributed by atoms with E-state index in [1.54, 1.807) is 6.07 Å². The minimum absolute atomic E-state index is 0.0236. The van der Waals surface area contributed by atoms with Crippen molar-refractivity contribution in [1.82, 2.24) is 4.90 Å². The van der Waals surface area contributed by atoms with Gasteiger partial charge in [0.25, 0.3) is 0 Å². The molecule has 18 heteroatoms. The monoisotopic (exact) mass is 679 g/mol. The first kappa shape index (κ1) is 34.6. The molecule has 0 saturated carbocycles. The average molecular weight is 680 g/mol. The fourth-order valence-electron chi connectivity index (χ4n) is 7.11. The van der Waals surface area contributed by atoms with Crippen LogP contribution in [0.15, 0.2) is 24.0 Å². The molecule has 1 saturated heterocycles. The van der Waals surface area contributed by atoms with E-state index in [4.69, 9.17) is 29.2 Å². The Hall–Kier alpha value is -4.78. The Morgan fingerprint density at radius 1 is 0.979 bits per heavy atom. The highest BCUT2D eigenvalue weighted by molar-refractivity contribution is 5.90. The summed E-state index contributed by atoms with van der Waals surface area (Å²) in [5, 5.41) is 58.8. The quantitative estimate of drug-likeness (QED) is 0.0980. The molecule has 6 N–H and O–H groups in total. The molecule has 0 amide bonds. The van der Waals surface area contributed by atoms with Gasteiger partial charge >= 0.3 is 35.8 Å². The van der Waals surface area contributed by atoms with Crippen molar-refractivity contribution in [3.05, 3.63) is 35.1 Å². The number of esters is 3. The smallest absolute Gasteiger partial charge is 0.348 e. The molecule has 260 valence electrons. The number of likely N-dealkylation sites (tertiary alicyclic amines) is 1. The van der Waals surface area contributed by atoms with Crippen LogP contribution in [0.3, 0.4) is 0 Å². The van der Waals surface area contributed by atoms with Crippen molar-refractivity contribution in [2.75, 3.05) is 20.7 Å². The molecule has 0 aromatic heterocycles. The molecule has 48 heavy (non-hydrogen) atoms. The van der Waals surface area contributed by atoms with E-state index in [0.717, 1.165) is 11.1 Å². The van der Waals surface area contributed by atoms with E-state index in [1.165, 1.54) is 13.2 Å². The fraction of sp³-hybridized carbons (Fsp3) is 0.533. The molecular weight excluding hydrogens is 646 g/mol. The van der Waals surface area contributed by atoms with Crippen molar-refractivity contribution in [3.8, 4) is 11.5 Å². The van der Waals surface area contributed by atoms with Crippen LogP contribution in [0.5, 0.6) is 11.5 Å². The number of benzene rings is 1. The number of rotatable bonds is 13. The summed E-state index contributed by atoms with van der Waals surface area (Å²) in [6.07, 6.45) is -11.2. The van der Waals surface area contributed by atoms with Gasteiger partial charge in [0.2, 0.25) is 12.2 Å². The van der Waals surface area contributed by atoms with Crippen LogP contribution in [-0.2, 0) is 54.8 Å². The molecule has 2 bridgehead atoms. The second-order valence-corrected chi connectivity index (χ2v) is 12.0. The Kier molecular flexibility index (Phi) is 9.13. The Labute approximate surface area is 271 Å². The summed E-state index contributed by atoms with van der Waals surface area (Å²) in [5.74, 6) is -9.85. The average Bonchev–Trinajstić information content (AvgIpc) is 3.38. The summed E-state index contributed by atoms with van der Waals surface area (Å²) < 4.78 is 26.9. The van der Waals surface area contributed by atoms with E-state index in [2.05, 4.69) is 4.74 Å². The van der Waals surface area contributed by atoms with E-state index in [9.17, 15) is 49.2 Å². The minimum Gasteiger partial charge on any atom is -0.493 e. The van der Waals surface area contributed by atoms with Crippen LogP contribution in [-0.4, -0.2) is 134 Å². The van der Waals surface area contributed by atoms with E-state index in [1.807, 2.05) is 18.0 Å². The number of carbonyl (C=O) groups is 6. The second-order valence-electron chi connectivity index (χ2n) is 12.0. The lowest BCUT2D eigenvalue weighted by Crippen LogP contribution is -2.74. The Morgan fingerprint density at radius 2 is 1.67 bits per heavy atom. The standard InChI is InChI=1S/C30H33NO17/c1-31-8-7-29-20-12-3-4-13(44-2)23(20)48-24(29)14(5-6-30(29,43)17(31)9-12)45-19(34)11-16(47-28(42)22(36)21(35)26(39)40)27(41)46-15(25(37)38)10-18(32)33/h3-5,15-17,21-22,24,35-36,43H,6-11H2,1-2H3,(H,32,33)(H,37,38)(H,39,40)/t15-,16+,17+,21-,22-,24+,29+,30-/m1/s1. The van der Waals surface area contributed by atoms with Crippen LogP contribution < -0.4 is 9.47 Å². The predicted octanol–water partition coefficient (Wildman–Crippen LogP) is -1.90. The lowest BCUT2D eigenvalue weighted by Gasteiger charge is -2.61. The van der Waals surface area contributed by atoms with E-state index < -0.39 is 90.2 Å². The molecule has 0 radical (unpaired) electrons. The lowest BCUT2D eigenvalue weighted by molar-refractivity contribution is -0.187. The Balaban J connectivity index is 1.43. The third-order valence-corrected chi connectivity index (χ3v) is 9.35. The zero-order chi connectivity index (χ0) is 35.3. The third kappa shape index (κ3) is 5.59. The van der Waals surface area contributed by atoms with Gasteiger partial charge in [0.1, 0.15) is 5.76 Å². The van der Waals surface area contributed by atoms with E-state index in [0.29, 0.717) is 30.9 Å². The molecule has 1 fully saturated rings. The van der Waals surface area contributed by atoms with Crippen molar-refractivity contribution < 1.29 is 83.1 Å². The van der Waals surface area contributed by atoms with Crippen molar-refractivity contribution in [2.24, 2.45) is 0 Å². The van der Waals surface area contributed by atoms with Crippen LogP contribution in [0.25, 0.3) is 0 Å². The van der Waals surface area contributed by atoms with Gasteiger partial charge in [-0.25, -0.2) is 19.2 Å². The van der Waals surface area contributed by atoms with Gasteiger partial charge in [-0.15, -0.1) is 0 Å². The van der Waals surface area contributed by atoms with Crippen LogP contribution in [0.2, 0.25) is 0 Å². The highest BCUT2D eigenvalue weighted by Crippen LogP contribution is 2.65. The number of hydrogen-bond donors (Lipinski definition) is 6. The van der Waals surface area contributed by atoms with Gasteiger partial charge in [-0.1, -0.05) is 6.07 Å². The van der Waals surface area contributed by atoms with Gasteiger partial charge in [0.15, 0.2) is 29.8 Å². The second kappa shape index (κ2) is 12.7. The zero-order valence-electron chi connectivity index (χ0n) is 25.6. The van der Waals surface area contributed by atoms with Gasteiger partial charge in [-0.05, 0) is 44.1 Å². The lowest BCUT2D eigenvalue weighted by atomic mass is 9.50. The number of carboxylic acid groups (broad SMARTS) is 3. The first-order valence-corrected chi connectivity index (χ1v) is 14.7. The number of likely N-dealkylation sites (N-methyl/N-ethyl adjacent to an activating group) is 1. The van der Waals surface area contributed by atoms with Crippen molar-refractivity contribution in [3.63, 3.8) is 0 Å². The van der Waals surface area contributed by atoms with Crippen LogP contribution >= 0.6 is 0 Å². The summed E-state index contributed by atoms with van der Waals surface area (Å²) in [4.78, 5) is 74.3. The number of methoxy groups -OCH3 is 1. The zero-order valence-corrected chi connectivity index (χ0v) is 25.6. The summed E-state index contributed by atoms with van der Waals surface area (Å²) >= 11 is 0. The predicted molar refractivity (Wildman–Crippen MR) is 151 cm³/mol. The molecule has 2 heterocycles. The molecule has 8 atom stereocenters. The Morgan fingerprint density at radius 3 is 2.29 bits per heavy atom. The summed E-state index contributed by atoms with van der Waals surface area (Å²) in [6.45, 7) is 0.555. The highest BCUT2D eigenvalue weighted by Gasteiger charge is 2.72. The first-order chi connectivity index (χ1) is 22.5. The van der Waals surface area contributed by atoms with Crippen LogP contribution in [0, 0.1) is 0 Å². The molecule has 2 aliphatic carbocycles. The number of aliphatic hydroxyl groups excluding tert-OH is 2. The number of hydrogen-bond acceptors (Lipinski definition) is 15. The molecule has 1 aromatic carbocycles. The summed E-state index contributed by atoms with van der Waals surface area (Å²) in [7, 11) is 3.34. The van der Waals surface area contributed by atoms with Gasteiger partial charge in [0, 0.05) is 18.0 Å². The van der Waals surface area contributed by atoms with E-state index >= 15 is 0 Å². The van der Waals surface area contributed by atoms with Gasteiger partial charge < -0.3 is 59.2 Å². The molecule has 18 nitrogen and oxygen atoms in total. The maximum absolute atomic E-state index is 13.3. The SMILES string of the molecule is COc1ccc2c3c1O[C@H]1C(OC(=O)C[C@H](OC(=O)[C@H](O)[C@@H](O)C(=O)O)C(=O)O[C@H](CC(=O)O)C(=O)O)=CC[C@@]4(O)[C@H](C2)N(C)CC[C@]314. The number of carboxylic acids is 3. The molecule has 0 unspecified atom stereocenters. The van der Waals surface area contributed by atoms with E-state index in [-0.39, 0.29) is 18.2 Å². The number of aliphatic hydroxyl groups is 3. The van der Waals surface area contributed by atoms with Crippen molar-refractivity contribution in [1.29, 1.82) is 0 Å². The minimum atomic E-state index is -2.75. The van der Waals surface area contributed by atoms with Crippen molar-refractivity contribution in [2.45, 2.75) is 79.7 Å². The summed E-state index contributed by atoms with van der Waals surface area (Å²) in [5.41, 5.74) is -0.808. The Bertz CT molecular complexity index is 1590. The molecular formula is C30H33NO17. The first-order valence-electron chi connectivity index (χ1n) is 14.7. The number of piperidine rings is 1. The third-order valence-electron chi connectivity index (χ3n) is 9.35. The molecule has 2 aliphatic heterocycles. The number of ether oxygens (including phenoxy) is 5. The molecule has 1 spiro atoms. The van der Waals surface area contributed by atoms with Gasteiger partial charge in [-0.2, -0.15) is 0 Å². The van der Waals surface area contributed by atoms with Crippen molar-refractivity contribution >= 4 is 35.8 Å². The summed E-state index contributed by atoms with van der Waals surface area (Å²) in [6, 6.07) is 3.29. The molecule has 5 rings (SSSR count). The molecule has 1 aromatic rings. The molecule has 4 aliphatic rings.